The summed E-state index contributed by atoms with van der Waals surface area (Å²) >= 11 is 0. The molecule has 0 aromatic rings. The van der Waals surface area contributed by atoms with E-state index in [4.69, 9.17) is 0 Å². The number of carbonyl (C=O) groups excluding carboxylic acids is 21. The van der Waals surface area contributed by atoms with Crippen molar-refractivity contribution in [1.29, 1.82) is 0 Å². The van der Waals surface area contributed by atoms with Crippen LogP contribution >= 0.6 is 0 Å². The van der Waals surface area contributed by atoms with Crippen LogP contribution in [0.4, 0.5) is 0 Å². The van der Waals surface area contributed by atoms with Crippen molar-refractivity contribution in [2.24, 2.45) is 0 Å². The molecule has 8 atom stereocenters. The molecule has 97 heavy (non-hydrogen) atoms. The number of rotatable bonds is 20. The molecule has 0 bridgehead atoms. The number of hydrogen-bond donors (Lipinski definition) is 3. The molecule has 0 aromatic heterocycles. The highest BCUT2D eigenvalue weighted by atomic mass is 16.2. The van der Waals surface area contributed by atoms with Crippen molar-refractivity contribution in [3.8, 4) is 0 Å². The van der Waals surface area contributed by atoms with E-state index in [1.807, 2.05) is 6.92 Å². The summed E-state index contributed by atoms with van der Waals surface area (Å²) in [4.78, 5) is 245. The van der Waals surface area contributed by atoms with E-state index in [0.717, 1.165) is 44.1 Å². The first kappa shape index (κ1) is 98.7. The van der Waals surface area contributed by atoms with Gasteiger partial charge < -0.3 is 16.0 Å². The molecule has 0 aromatic carbocycles. The Kier molecular flexibility index (Phi) is 50.1. The number of hydrogen-bond acceptors (Lipinski definition) is 21. The Labute approximate surface area is 571 Å². The second-order valence-electron chi connectivity index (χ2n) is 22.7. The lowest BCUT2D eigenvalue weighted by molar-refractivity contribution is -0.153. The fourth-order valence-corrected chi connectivity index (χ4v) is 9.38. The van der Waals surface area contributed by atoms with Gasteiger partial charge in [0.1, 0.15) is 0 Å². The second-order valence-corrected chi connectivity index (χ2v) is 22.7. The quantitative estimate of drug-likeness (QED) is 0.156. The maximum absolute atomic E-state index is 11.4. The molecule has 33 heteroatoms. The summed E-state index contributed by atoms with van der Waals surface area (Å²) in [7, 11) is 0. The van der Waals surface area contributed by atoms with Gasteiger partial charge in [0.05, 0.1) is 30.2 Å². The molecule has 0 rings (SSSR count). The largest absolute Gasteiger partial charge is 0.352 e. The number of nitrogens with zero attached hydrogens (tertiary/aromatic N) is 9. The van der Waals surface area contributed by atoms with E-state index in [-0.39, 0.29) is 115 Å². The van der Waals surface area contributed by atoms with Crippen molar-refractivity contribution >= 4 is 124 Å². The second kappa shape index (κ2) is 49.2. The molecule has 21 amide bonds. The molecule has 0 aliphatic rings. The summed E-state index contributed by atoms with van der Waals surface area (Å²) < 4.78 is 0. The molecule has 0 spiro atoms. The average Bonchev–Trinajstić information content (AvgIpc) is 1.90. The minimum Gasteiger partial charge on any atom is -0.352 e. The molecule has 8 unspecified atom stereocenters. The van der Waals surface area contributed by atoms with Gasteiger partial charge in [0, 0.05) is 190 Å². The molecule has 0 radical (unpaired) electrons. The van der Waals surface area contributed by atoms with Crippen LogP contribution in [0, 0.1) is 0 Å². The van der Waals surface area contributed by atoms with Gasteiger partial charge in [0.2, 0.25) is 124 Å². The van der Waals surface area contributed by atoms with Crippen molar-refractivity contribution in [2.45, 2.75) is 262 Å². The van der Waals surface area contributed by atoms with Crippen LogP contribution in [0.5, 0.6) is 0 Å². The summed E-state index contributed by atoms with van der Waals surface area (Å²) in [5, 5.41) is 7.93. The van der Waals surface area contributed by atoms with E-state index in [9.17, 15) is 101 Å². The van der Waals surface area contributed by atoms with Crippen LogP contribution < -0.4 is 16.0 Å². The highest BCUT2D eigenvalue weighted by molar-refractivity contribution is 5.98. The lowest BCUT2D eigenvalue weighted by Crippen LogP contribution is -2.54. The van der Waals surface area contributed by atoms with Crippen LogP contribution in [-0.2, 0) is 101 Å². The molecule has 552 valence electrons. The molecule has 0 fully saturated rings. The molecule has 0 aliphatic carbocycles. The molecule has 0 heterocycles. The predicted octanol–water partition coefficient (Wildman–Crippen LogP) is 1.77. The van der Waals surface area contributed by atoms with Crippen LogP contribution in [-0.4, -0.2) is 243 Å². The summed E-state index contributed by atoms with van der Waals surface area (Å²) in [6.07, 6.45) is 1.16. The van der Waals surface area contributed by atoms with E-state index in [0.29, 0.717) is 12.8 Å². The Bertz CT molecular complexity index is 2620. The number of nitrogens with one attached hydrogen (secondary N) is 3. The first-order chi connectivity index (χ1) is 44.0. The standard InChI is InChI=1S/2C12H20N2O4.C11H18N2O4.2C10H18N2O3.C9H16N2O3/c1-7(13(9(3)15)10(4)16)8(2)14(11(5)17)12(6)18;1-6-12(14(10(4)17)11(5)18)7-13(8(2)15)9(3)16;1-7(13(10(4)16)11(5)17)6-12(8(2)14)9(3)15;1-6(11-8(3)13)7(2)12(9(4)14)10(5)15;1-5-10(11-7(2)13)6-12(8(3)14)9(4)15;1-6(10-7(2)12)5-11(8(3)13)9(4)14/h7-8H,1-6H3;12H,6-7H2,1-5H3;7H,6H2,1-5H3;6-7H,1-5H3,(H,11,13);10H,5-6H2,1-4H3,(H,11,13);6H,5H2,1-4H3,(H,10,12). The van der Waals surface area contributed by atoms with E-state index < -0.39 is 83.2 Å². The Balaban J connectivity index is -0.000000257. The van der Waals surface area contributed by atoms with Crippen LogP contribution in [0.1, 0.15) is 214 Å². The van der Waals surface area contributed by atoms with Crippen LogP contribution in [0.3, 0.4) is 0 Å². The van der Waals surface area contributed by atoms with Gasteiger partial charge in [-0.25, -0.2) is 0 Å². The zero-order valence-corrected chi connectivity index (χ0v) is 62.5. The van der Waals surface area contributed by atoms with Crippen molar-refractivity contribution in [1.82, 2.24) is 60.0 Å². The van der Waals surface area contributed by atoms with Gasteiger partial charge in [-0.15, -0.1) is 0 Å². The first-order valence-electron chi connectivity index (χ1n) is 31.0. The summed E-state index contributed by atoms with van der Waals surface area (Å²) in [6, 6.07) is -3.12. The smallest absolute Gasteiger partial charge is 0.226 e. The zero-order valence-electron chi connectivity index (χ0n) is 62.5. The van der Waals surface area contributed by atoms with Crippen molar-refractivity contribution in [3.63, 3.8) is 0 Å². The molecule has 0 saturated heterocycles. The molecule has 0 aliphatic heterocycles. The lowest BCUT2D eigenvalue weighted by Gasteiger charge is -2.35. The van der Waals surface area contributed by atoms with E-state index in [1.165, 1.54) is 145 Å². The molecule has 33 nitrogen and oxygen atoms in total. The molecule has 0 saturated carbocycles. The van der Waals surface area contributed by atoms with E-state index in [1.54, 1.807) is 48.5 Å². The Morgan fingerprint density at radius 3 is 0.711 bits per heavy atom. The van der Waals surface area contributed by atoms with Crippen molar-refractivity contribution in [2.75, 3.05) is 26.2 Å². The maximum Gasteiger partial charge on any atom is 0.226 e. The minimum absolute atomic E-state index is 0.0177. The van der Waals surface area contributed by atoms with Gasteiger partial charge in [-0.05, 0) is 54.4 Å². The van der Waals surface area contributed by atoms with Gasteiger partial charge in [-0.1, -0.05) is 13.8 Å². The van der Waals surface area contributed by atoms with Crippen LogP contribution in [0.15, 0.2) is 0 Å². The molecular weight excluding hydrogens is 1270 g/mol. The molecular formula is C64H110N12O21. The topological polar surface area (TPSA) is 424 Å². The zero-order chi connectivity index (χ0) is 78.3. The summed E-state index contributed by atoms with van der Waals surface area (Å²) in [5.74, 6) is -7.18. The van der Waals surface area contributed by atoms with Crippen LogP contribution in [0.25, 0.3) is 0 Å². The average molecular weight is 1380 g/mol. The number of carbonyl (C=O) groups is 21. The fourth-order valence-electron chi connectivity index (χ4n) is 9.38. The fraction of sp³-hybridized carbons (Fsp3) is 0.672. The third-order valence-corrected chi connectivity index (χ3v) is 13.8. The minimum atomic E-state index is -0.562. The van der Waals surface area contributed by atoms with Gasteiger partial charge in [-0.2, -0.15) is 0 Å². The third-order valence-electron chi connectivity index (χ3n) is 13.8. The lowest BCUT2D eigenvalue weighted by atomic mass is 10.1. The van der Waals surface area contributed by atoms with Gasteiger partial charge in [0.25, 0.3) is 0 Å². The monoisotopic (exact) mass is 1380 g/mol. The maximum atomic E-state index is 11.4. The van der Waals surface area contributed by atoms with Gasteiger partial charge in [-0.3, -0.25) is 145 Å². The number of amides is 21. The third kappa shape index (κ3) is 41.3. The first-order valence-corrected chi connectivity index (χ1v) is 31.0. The Morgan fingerprint density at radius 2 is 0.485 bits per heavy atom. The summed E-state index contributed by atoms with van der Waals surface area (Å²) in [6.45, 7) is 41.8. The molecule has 3 N–H and O–H groups in total. The predicted molar refractivity (Wildman–Crippen MR) is 355 cm³/mol. The van der Waals surface area contributed by atoms with Crippen LogP contribution in [0.2, 0.25) is 0 Å². The van der Waals surface area contributed by atoms with E-state index >= 15 is 0 Å². The highest BCUT2D eigenvalue weighted by Gasteiger charge is 2.34. The normalized spacial score (nSPS) is 12.3. The SMILES string of the molecule is CC(=O)N(C(C)=O)C(C)C(C)N(C(C)=O)C(C)=O.CC(=O)N(CC(C)N(C(C)=O)C(C)=O)C(C)=O.CC(=O)NC(C)C(C)N(C(C)=O)C(C)=O.CC(=O)NC(C)CN(C(C)=O)C(C)=O.CCC(CN(C(C)=O)C(C)=O)N(C(C)=O)C(C)=O.CCC(CN(C(C)=O)C(C)=O)NC(C)=O. The highest BCUT2D eigenvalue weighted by Crippen LogP contribution is 2.14. The van der Waals surface area contributed by atoms with E-state index in [2.05, 4.69) is 16.0 Å². The summed E-state index contributed by atoms with van der Waals surface area (Å²) in [5.41, 5.74) is 0. The van der Waals surface area contributed by atoms with Crippen molar-refractivity contribution in [3.05, 3.63) is 0 Å². The number of imide groups is 9. The Hall–Kier alpha value is -9.33. The van der Waals surface area contributed by atoms with Gasteiger partial charge >= 0.3 is 0 Å². The Morgan fingerprint density at radius 1 is 0.247 bits per heavy atom. The van der Waals surface area contributed by atoms with Crippen molar-refractivity contribution < 1.29 is 101 Å². The van der Waals surface area contributed by atoms with Gasteiger partial charge in [0.15, 0.2) is 0 Å².